The van der Waals surface area contributed by atoms with Crippen LogP contribution in [0, 0.1) is 0 Å². The van der Waals surface area contributed by atoms with E-state index in [0.29, 0.717) is 34.7 Å². The Morgan fingerprint density at radius 3 is 2.47 bits per heavy atom. The van der Waals surface area contributed by atoms with Crippen molar-refractivity contribution in [1.82, 2.24) is 14.9 Å². The van der Waals surface area contributed by atoms with Gasteiger partial charge >= 0.3 is 0 Å². The number of nitrogens with one attached hydrogen (secondary N) is 1. The lowest BCUT2D eigenvalue weighted by molar-refractivity contribution is -0.118. The highest BCUT2D eigenvalue weighted by Gasteiger charge is 2.31. The van der Waals surface area contributed by atoms with Crippen LogP contribution in [0.3, 0.4) is 0 Å². The van der Waals surface area contributed by atoms with Gasteiger partial charge in [0.05, 0.1) is 17.6 Å². The number of fused-ring (bicyclic) bond motifs is 1. The smallest absolute Gasteiger partial charge is 0.286 e. The van der Waals surface area contributed by atoms with Crippen molar-refractivity contribution in [2.45, 2.75) is 18.3 Å². The summed E-state index contributed by atoms with van der Waals surface area (Å²) in [5.41, 5.74) is 8.91. The first kappa shape index (κ1) is 20.6. The summed E-state index contributed by atoms with van der Waals surface area (Å²) >= 11 is 0.699. The molecular weight excluding hydrogens is 452 g/mol. The molecule has 1 aromatic heterocycles. The zero-order valence-electron chi connectivity index (χ0n) is 19.3. The molecule has 1 aliphatic rings. The second-order valence-electron chi connectivity index (χ2n) is 7.78. The Kier molecular flexibility index (Phi) is 5.52. The van der Waals surface area contributed by atoms with E-state index in [1.807, 2.05) is 41.9 Å². The Morgan fingerprint density at radius 2 is 1.76 bits per heavy atom. The molecule has 5 rings (SSSR count). The number of nitrogens with zero attached hydrogens (tertiary/aromatic N) is 2. The number of anilines is 1. The van der Waals surface area contributed by atoms with Crippen molar-refractivity contribution >= 4 is 39.6 Å². The van der Waals surface area contributed by atoms with Gasteiger partial charge in [-0.1, -0.05) is 23.9 Å². The van der Waals surface area contributed by atoms with Gasteiger partial charge in [-0.15, -0.1) is 0 Å². The molecule has 172 valence electrons. The lowest BCUT2D eigenvalue weighted by atomic mass is 10.1. The number of carbonyl (C=O) groups excluding carboxylic acids is 2. The van der Waals surface area contributed by atoms with Gasteiger partial charge in [-0.25, -0.2) is 4.98 Å². The fraction of sp³-hybridized carbons (Fsp3) is 0.160. The van der Waals surface area contributed by atoms with Gasteiger partial charge in [-0.3, -0.25) is 14.9 Å². The average molecular weight is 476 g/mol. The number of aromatic nitrogens is 2. The molecule has 2 amide bonds. The minimum absolute atomic E-state index is 0.126. The Morgan fingerprint density at radius 1 is 1.06 bits per heavy atom. The van der Waals surface area contributed by atoms with Crippen LogP contribution in [0.4, 0.5) is 10.5 Å². The minimum atomic E-state index is -1.54. The molecule has 34 heavy (non-hydrogen) atoms. The van der Waals surface area contributed by atoms with Gasteiger partial charge < -0.3 is 19.8 Å². The Balaban J connectivity index is 1.25. The number of nitrogen functional groups attached to an aromatic ring is 1. The van der Waals surface area contributed by atoms with Crippen molar-refractivity contribution < 1.29 is 20.4 Å². The van der Waals surface area contributed by atoms with Crippen molar-refractivity contribution in [3.63, 3.8) is 0 Å². The normalized spacial score (nSPS) is 18.1. The standard InChI is InChI=1S/C25H22N4O4S/c1-29-21-13-19(33-18-8-4-16(26)5-9-18)10-11-20(21)27-23(29)14-32-17-6-2-15(3-7-17)12-22-24(30)28-25(31)34-22/h2-11,13,22H,12,14,26H2,1H3,(H,28,30,31)/t22-/m1/s1/i22D. The van der Waals surface area contributed by atoms with Crippen LogP contribution < -0.4 is 20.5 Å². The molecule has 0 spiro atoms. The summed E-state index contributed by atoms with van der Waals surface area (Å²) in [4.78, 5) is 28.0. The third-order valence-corrected chi connectivity index (χ3v) is 6.27. The van der Waals surface area contributed by atoms with Crippen molar-refractivity contribution in [3.8, 4) is 17.2 Å². The van der Waals surface area contributed by atoms with E-state index in [4.69, 9.17) is 16.6 Å². The molecule has 8 nitrogen and oxygen atoms in total. The summed E-state index contributed by atoms with van der Waals surface area (Å²) < 4.78 is 22.0. The predicted molar refractivity (Wildman–Crippen MR) is 131 cm³/mol. The summed E-state index contributed by atoms with van der Waals surface area (Å²) in [5, 5.41) is 0.134. The molecule has 1 fully saturated rings. The molecule has 0 saturated carbocycles. The number of amides is 2. The molecule has 3 N–H and O–H groups in total. The summed E-state index contributed by atoms with van der Waals surface area (Å²) in [5.74, 6) is 2.18. The van der Waals surface area contributed by atoms with Crippen LogP contribution in [0.15, 0.2) is 66.7 Å². The van der Waals surface area contributed by atoms with Crippen molar-refractivity contribution in [3.05, 3.63) is 78.1 Å². The van der Waals surface area contributed by atoms with E-state index in [0.717, 1.165) is 22.4 Å². The van der Waals surface area contributed by atoms with Crippen molar-refractivity contribution in [1.29, 1.82) is 0 Å². The van der Waals surface area contributed by atoms with Crippen molar-refractivity contribution in [2.24, 2.45) is 7.05 Å². The molecule has 0 unspecified atom stereocenters. The third kappa shape index (κ3) is 4.69. The van der Waals surface area contributed by atoms with E-state index in [1.54, 1.807) is 36.4 Å². The average Bonchev–Trinajstić information content (AvgIpc) is 3.28. The van der Waals surface area contributed by atoms with Crippen LogP contribution in [-0.4, -0.2) is 25.9 Å². The number of hydrogen-bond acceptors (Lipinski definition) is 7. The second-order valence-corrected chi connectivity index (χ2v) is 8.85. The second kappa shape index (κ2) is 9.11. The Bertz CT molecular complexity index is 1420. The first-order chi connectivity index (χ1) is 16.8. The SMILES string of the molecule is [2H][C@]1(Cc2ccc(OCc3nc4ccc(Oc5ccc(N)cc5)cc4n3C)cc2)SC(=O)NC1=O. The highest BCUT2D eigenvalue weighted by molar-refractivity contribution is 8.15. The monoisotopic (exact) mass is 475 g/mol. The van der Waals surface area contributed by atoms with Gasteiger partial charge in [0.25, 0.3) is 5.24 Å². The van der Waals surface area contributed by atoms with E-state index < -0.39 is 16.4 Å². The van der Waals surface area contributed by atoms with Gasteiger partial charge in [0, 0.05) is 18.8 Å². The quantitative estimate of drug-likeness (QED) is 0.381. The maximum Gasteiger partial charge on any atom is 0.286 e. The molecule has 1 saturated heterocycles. The highest BCUT2D eigenvalue weighted by atomic mass is 32.2. The predicted octanol–water partition coefficient (Wildman–Crippen LogP) is 4.42. The lowest BCUT2D eigenvalue weighted by Crippen LogP contribution is -2.25. The van der Waals surface area contributed by atoms with E-state index in [1.165, 1.54) is 0 Å². The number of hydrogen-bond donors (Lipinski definition) is 2. The first-order valence-corrected chi connectivity index (χ1v) is 11.4. The molecule has 0 bridgehead atoms. The van der Waals surface area contributed by atoms with Crippen LogP contribution in [0.5, 0.6) is 17.2 Å². The van der Waals surface area contributed by atoms with Crippen LogP contribution >= 0.6 is 11.8 Å². The summed E-state index contributed by atoms with van der Waals surface area (Å²) in [6.45, 7) is 0.258. The number of carbonyl (C=O) groups is 2. The topological polar surface area (TPSA) is 108 Å². The van der Waals surface area contributed by atoms with Gasteiger partial charge in [0.15, 0.2) is 0 Å². The molecule has 4 aromatic rings. The zero-order chi connectivity index (χ0) is 24.6. The van der Waals surface area contributed by atoms with Gasteiger partial charge in [0.2, 0.25) is 5.91 Å². The summed E-state index contributed by atoms with van der Waals surface area (Å²) in [6, 6.07) is 20.0. The summed E-state index contributed by atoms with van der Waals surface area (Å²) in [7, 11) is 1.92. The molecule has 9 heteroatoms. The number of imidazole rings is 1. The maximum atomic E-state index is 11.9. The zero-order valence-corrected chi connectivity index (χ0v) is 19.1. The first-order valence-electron chi connectivity index (χ1n) is 11.0. The van der Waals surface area contributed by atoms with Crippen LogP contribution in [0.1, 0.15) is 12.8 Å². The molecule has 3 aromatic carbocycles. The fourth-order valence-electron chi connectivity index (χ4n) is 3.58. The number of imide groups is 1. The van der Waals surface area contributed by atoms with Crippen LogP contribution in [0.2, 0.25) is 0 Å². The van der Waals surface area contributed by atoms with Gasteiger partial charge in [0.1, 0.15) is 29.7 Å². The number of ether oxygens (including phenoxy) is 2. The number of nitrogens with two attached hydrogens (primary N) is 1. The van der Waals surface area contributed by atoms with E-state index in [2.05, 4.69) is 10.3 Å². The highest BCUT2D eigenvalue weighted by Crippen LogP contribution is 2.27. The fourth-order valence-corrected chi connectivity index (χ4v) is 4.33. The number of aryl methyl sites for hydroxylation is 1. The Hall–Kier alpha value is -3.98. The number of benzene rings is 3. The van der Waals surface area contributed by atoms with Crippen LogP contribution in [-0.2, 0) is 24.9 Å². The van der Waals surface area contributed by atoms with Gasteiger partial charge in [-0.2, -0.15) is 0 Å². The number of thioether (sulfide) groups is 1. The largest absolute Gasteiger partial charge is 0.486 e. The molecule has 0 radical (unpaired) electrons. The Labute approximate surface area is 201 Å². The minimum Gasteiger partial charge on any atom is -0.486 e. The molecule has 0 aliphatic carbocycles. The molecule has 1 aliphatic heterocycles. The van der Waals surface area contributed by atoms with Crippen LogP contribution in [0.25, 0.3) is 11.0 Å². The summed E-state index contributed by atoms with van der Waals surface area (Å²) in [6.07, 6.45) is 0.126. The van der Waals surface area contributed by atoms with Gasteiger partial charge in [-0.05, 0) is 60.5 Å². The van der Waals surface area contributed by atoms with E-state index in [9.17, 15) is 9.59 Å². The van der Waals surface area contributed by atoms with Crippen molar-refractivity contribution in [2.75, 3.05) is 5.73 Å². The maximum absolute atomic E-state index is 11.9. The lowest BCUT2D eigenvalue weighted by Gasteiger charge is -2.09. The van der Waals surface area contributed by atoms with E-state index in [-0.39, 0.29) is 13.0 Å². The molecule has 1 atom stereocenters. The van der Waals surface area contributed by atoms with E-state index >= 15 is 0 Å². The molecular formula is C25H22N4O4S. The molecule has 2 heterocycles. The number of rotatable bonds is 7. The third-order valence-electron chi connectivity index (χ3n) is 5.40.